The second-order valence-corrected chi connectivity index (χ2v) is 7.46. The minimum atomic E-state index is -3.75. The lowest BCUT2D eigenvalue weighted by Crippen LogP contribution is -2.30. The number of benzene rings is 2. The first kappa shape index (κ1) is 18.4. The minimum Gasteiger partial charge on any atom is -0.460 e. The molecule has 0 aliphatic heterocycles. The van der Waals surface area contributed by atoms with E-state index in [1.165, 1.54) is 12.1 Å². The summed E-state index contributed by atoms with van der Waals surface area (Å²) in [6.07, 6.45) is 3.51. The third kappa shape index (κ3) is 5.92. The number of ether oxygens (including phenoxy) is 1. The summed E-state index contributed by atoms with van der Waals surface area (Å²) in [5.74, 6) is -0.647. The van der Waals surface area contributed by atoms with Crippen LogP contribution in [0.4, 0.5) is 0 Å². The fraction of sp³-hybridized carbons (Fsp3) is 0.118. The van der Waals surface area contributed by atoms with Crippen LogP contribution in [0.5, 0.6) is 0 Å². The third-order valence-electron chi connectivity index (χ3n) is 2.96. The number of rotatable bonds is 7. The van der Waals surface area contributed by atoms with Gasteiger partial charge in [0.05, 0.1) is 4.90 Å². The molecule has 0 saturated carbocycles. The molecule has 7 heteroatoms. The molecule has 0 unspecified atom stereocenters. The molecule has 2 aromatic carbocycles. The average molecular weight is 410 g/mol. The topological polar surface area (TPSA) is 72.5 Å². The van der Waals surface area contributed by atoms with Crippen molar-refractivity contribution in [2.24, 2.45) is 0 Å². The second-order valence-electron chi connectivity index (χ2n) is 4.78. The number of hydrogen-bond donors (Lipinski definition) is 1. The van der Waals surface area contributed by atoms with Gasteiger partial charge in [-0.3, -0.25) is 4.79 Å². The number of esters is 1. The number of carbonyl (C=O) groups is 1. The van der Waals surface area contributed by atoms with Crippen LogP contribution in [0, 0.1) is 0 Å². The van der Waals surface area contributed by atoms with Crippen LogP contribution in [0.3, 0.4) is 0 Å². The molecule has 126 valence electrons. The molecule has 24 heavy (non-hydrogen) atoms. The van der Waals surface area contributed by atoms with Crippen LogP contribution >= 0.6 is 15.9 Å². The summed E-state index contributed by atoms with van der Waals surface area (Å²) >= 11 is 3.20. The first-order chi connectivity index (χ1) is 11.5. The van der Waals surface area contributed by atoms with Gasteiger partial charge in [-0.1, -0.05) is 58.4 Å². The Hall–Kier alpha value is -1.96. The molecule has 0 amide bonds. The van der Waals surface area contributed by atoms with Gasteiger partial charge >= 0.3 is 5.97 Å². The molecule has 0 aromatic heterocycles. The zero-order valence-corrected chi connectivity index (χ0v) is 15.1. The van der Waals surface area contributed by atoms with Gasteiger partial charge in [0.25, 0.3) is 0 Å². The zero-order chi connectivity index (χ0) is 17.4. The molecule has 1 N–H and O–H groups in total. The van der Waals surface area contributed by atoms with E-state index in [0.29, 0.717) is 4.47 Å². The summed E-state index contributed by atoms with van der Waals surface area (Å²) in [5.41, 5.74) is 0.990. The van der Waals surface area contributed by atoms with Crippen LogP contribution in [0.1, 0.15) is 5.56 Å². The van der Waals surface area contributed by atoms with Crippen molar-refractivity contribution in [1.82, 2.24) is 4.72 Å². The molecule has 0 saturated heterocycles. The monoisotopic (exact) mass is 409 g/mol. The Morgan fingerprint density at radius 2 is 1.88 bits per heavy atom. The first-order valence-corrected chi connectivity index (χ1v) is 9.37. The van der Waals surface area contributed by atoms with Gasteiger partial charge in [-0.15, -0.1) is 0 Å². The van der Waals surface area contributed by atoms with E-state index in [9.17, 15) is 13.2 Å². The van der Waals surface area contributed by atoms with Crippen molar-refractivity contribution in [3.8, 4) is 0 Å². The van der Waals surface area contributed by atoms with Crippen molar-refractivity contribution >= 4 is 38.0 Å². The largest absolute Gasteiger partial charge is 0.460 e. The number of carbonyl (C=O) groups excluding carboxylic acids is 1. The van der Waals surface area contributed by atoms with Gasteiger partial charge in [0.15, 0.2) is 0 Å². The van der Waals surface area contributed by atoms with E-state index < -0.39 is 22.5 Å². The zero-order valence-electron chi connectivity index (χ0n) is 12.7. The van der Waals surface area contributed by atoms with Crippen molar-refractivity contribution in [2.45, 2.75) is 4.90 Å². The maximum Gasteiger partial charge on any atom is 0.321 e. The molecule has 0 fully saturated rings. The highest BCUT2D eigenvalue weighted by molar-refractivity contribution is 9.10. The predicted molar refractivity (Wildman–Crippen MR) is 95.8 cm³/mol. The average Bonchev–Trinajstić information content (AvgIpc) is 2.58. The molecule has 0 bridgehead atoms. The van der Waals surface area contributed by atoms with E-state index in [1.54, 1.807) is 18.2 Å². The molecule has 0 spiro atoms. The highest BCUT2D eigenvalue weighted by atomic mass is 79.9. The van der Waals surface area contributed by atoms with Gasteiger partial charge in [-0.05, 0) is 29.8 Å². The molecule has 0 aliphatic rings. The van der Waals surface area contributed by atoms with E-state index in [4.69, 9.17) is 4.74 Å². The Morgan fingerprint density at radius 3 is 2.58 bits per heavy atom. The molecule has 0 radical (unpaired) electrons. The quantitative estimate of drug-likeness (QED) is 0.713. The normalized spacial score (nSPS) is 11.5. The molecule has 5 nitrogen and oxygen atoms in total. The van der Waals surface area contributed by atoms with Gasteiger partial charge in [-0.2, -0.15) is 4.72 Å². The molecular formula is C17H16BrNO4S. The van der Waals surface area contributed by atoms with E-state index in [2.05, 4.69) is 20.7 Å². The summed E-state index contributed by atoms with van der Waals surface area (Å²) in [6, 6.07) is 15.8. The van der Waals surface area contributed by atoms with Gasteiger partial charge in [0, 0.05) is 4.47 Å². The smallest absolute Gasteiger partial charge is 0.321 e. The van der Waals surface area contributed by atoms with E-state index in [0.717, 1.165) is 5.56 Å². The molecule has 0 aliphatic carbocycles. The lowest BCUT2D eigenvalue weighted by Gasteiger charge is -2.06. The van der Waals surface area contributed by atoms with Gasteiger partial charge in [0.2, 0.25) is 10.0 Å². The van der Waals surface area contributed by atoms with Crippen LogP contribution in [-0.4, -0.2) is 27.5 Å². The summed E-state index contributed by atoms with van der Waals surface area (Å²) in [5, 5.41) is 0. The maximum atomic E-state index is 12.1. The lowest BCUT2D eigenvalue weighted by atomic mass is 10.2. The van der Waals surface area contributed by atoms with Crippen LogP contribution < -0.4 is 4.72 Å². The Kier molecular flexibility index (Phi) is 6.72. The first-order valence-electron chi connectivity index (χ1n) is 7.10. The number of halogens is 1. The van der Waals surface area contributed by atoms with Gasteiger partial charge < -0.3 is 4.74 Å². The van der Waals surface area contributed by atoms with Crippen LogP contribution in [0.25, 0.3) is 6.08 Å². The third-order valence-corrected chi connectivity index (χ3v) is 4.86. The van der Waals surface area contributed by atoms with Crippen molar-refractivity contribution in [2.75, 3.05) is 13.2 Å². The molecular weight excluding hydrogens is 394 g/mol. The summed E-state index contributed by atoms with van der Waals surface area (Å²) in [6.45, 7) is -0.347. The molecule has 0 atom stereocenters. The highest BCUT2D eigenvalue weighted by Gasteiger charge is 2.15. The van der Waals surface area contributed by atoms with E-state index in [1.807, 2.05) is 36.4 Å². The van der Waals surface area contributed by atoms with Crippen LogP contribution in [0.2, 0.25) is 0 Å². The Morgan fingerprint density at radius 1 is 1.12 bits per heavy atom. The van der Waals surface area contributed by atoms with E-state index >= 15 is 0 Å². The van der Waals surface area contributed by atoms with Crippen molar-refractivity contribution < 1.29 is 17.9 Å². The summed E-state index contributed by atoms with van der Waals surface area (Å²) in [7, 11) is -3.75. The van der Waals surface area contributed by atoms with Crippen LogP contribution in [-0.2, 0) is 19.6 Å². The van der Waals surface area contributed by atoms with Crippen molar-refractivity contribution in [1.29, 1.82) is 0 Å². The number of nitrogens with one attached hydrogen (secondary N) is 1. The maximum absolute atomic E-state index is 12.1. The standard InChI is InChI=1S/C17H16BrNO4S/c18-15-9-4-10-16(12-15)24(21,22)19-13-17(20)23-11-5-8-14-6-2-1-3-7-14/h1-10,12,19H,11,13H2/b8-5+. The summed E-state index contributed by atoms with van der Waals surface area (Å²) in [4.78, 5) is 11.7. The summed E-state index contributed by atoms with van der Waals surface area (Å²) < 4.78 is 31.9. The van der Waals surface area contributed by atoms with Gasteiger partial charge in [-0.25, -0.2) is 8.42 Å². The SMILES string of the molecule is O=C(CNS(=O)(=O)c1cccc(Br)c1)OC/C=C/c1ccccc1. The van der Waals surface area contributed by atoms with Gasteiger partial charge in [0.1, 0.15) is 13.2 Å². The predicted octanol–water partition coefficient (Wildman–Crippen LogP) is 2.98. The second kappa shape index (κ2) is 8.77. The Bertz CT molecular complexity index is 819. The number of sulfonamides is 1. The molecule has 2 rings (SSSR count). The van der Waals surface area contributed by atoms with Crippen LogP contribution in [0.15, 0.2) is 70.0 Å². The highest BCUT2D eigenvalue weighted by Crippen LogP contribution is 2.15. The molecule has 0 heterocycles. The Balaban J connectivity index is 1.79. The fourth-order valence-corrected chi connectivity index (χ4v) is 3.38. The van der Waals surface area contributed by atoms with E-state index in [-0.39, 0.29) is 11.5 Å². The fourth-order valence-electron chi connectivity index (χ4n) is 1.81. The Labute approximate surface area is 149 Å². The molecule has 2 aromatic rings. The number of hydrogen-bond acceptors (Lipinski definition) is 4. The minimum absolute atomic E-state index is 0.0757. The van der Waals surface area contributed by atoms with Crippen molar-refractivity contribution in [3.05, 3.63) is 70.7 Å². The van der Waals surface area contributed by atoms with Crippen molar-refractivity contribution in [3.63, 3.8) is 0 Å². The lowest BCUT2D eigenvalue weighted by molar-refractivity contribution is -0.140.